The van der Waals surface area contributed by atoms with Crippen LogP contribution in [0.2, 0.25) is 0 Å². The number of rotatable bonds is 10. The molecule has 1 aromatic heterocycles. The summed E-state index contributed by atoms with van der Waals surface area (Å²) >= 11 is 0. The molecule has 4 heteroatoms. The number of nitrogens with one attached hydrogen (secondary N) is 2. The number of H-pyrrole nitrogens is 1. The minimum absolute atomic E-state index is 0. The van der Waals surface area contributed by atoms with Gasteiger partial charge in [-0.1, -0.05) is 45.4 Å². The molecule has 0 fully saturated rings. The van der Waals surface area contributed by atoms with E-state index in [0.717, 1.165) is 13.1 Å². The van der Waals surface area contributed by atoms with Crippen LogP contribution in [0.4, 0.5) is 0 Å². The molecule has 1 heterocycles. The average Bonchev–Trinajstić information content (AvgIpc) is 2.80. The van der Waals surface area contributed by atoms with Crippen LogP contribution in [0.25, 0.3) is 0 Å². The van der Waals surface area contributed by atoms with E-state index in [1.807, 2.05) is 6.07 Å². The molecule has 0 aliphatic rings. The van der Waals surface area contributed by atoms with Crippen molar-refractivity contribution in [3.63, 3.8) is 0 Å². The van der Waals surface area contributed by atoms with Gasteiger partial charge in [0, 0.05) is 18.4 Å². The van der Waals surface area contributed by atoms with Gasteiger partial charge in [-0.15, -0.1) is 12.4 Å². The normalized spacial score (nSPS) is 10.2. The van der Waals surface area contributed by atoms with Gasteiger partial charge < -0.3 is 5.32 Å². The van der Waals surface area contributed by atoms with Crippen molar-refractivity contribution in [1.29, 1.82) is 0 Å². The van der Waals surface area contributed by atoms with E-state index >= 15 is 0 Å². The van der Waals surface area contributed by atoms with Gasteiger partial charge in [0.1, 0.15) is 0 Å². The summed E-state index contributed by atoms with van der Waals surface area (Å²) in [7, 11) is 0. The molecule has 0 saturated heterocycles. The lowest BCUT2D eigenvalue weighted by atomic mass is 10.1. The first-order valence-corrected chi connectivity index (χ1v) is 6.62. The molecule has 2 N–H and O–H groups in total. The number of nitrogens with zero attached hydrogens (tertiary/aromatic N) is 1. The van der Waals surface area contributed by atoms with Crippen molar-refractivity contribution in [2.75, 3.05) is 6.54 Å². The van der Waals surface area contributed by atoms with Crippen LogP contribution in [0.5, 0.6) is 0 Å². The van der Waals surface area contributed by atoms with Gasteiger partial charge in [-0.05, 0) is 19.0 Å². The van der Waals surface area contributed by atoms with Crippen LogP contribution in [0.3, 0.4) is 0 Å². The summed E-state index contributed by atoms with van der Waals surface area (Å²) in [6.45, 7) is 4.29. The van der Waals surface area contributed by atoms with Crippen LogP contribution in [0.1, 0.15) is 57.6 Å². The zero-order valence-electron chi connectivity index (χ0n) is 10.9. The second kappa shape index (κ2) is 11.9. The monoisotopic (exact) mass is 259 g/mol. The molecule has 0 saturated carbocycles. The minimum Gasteiger partial charge on any atom is -0.311 e. The highest BCUT2D eigenvalue weighted by Gasteiger charge is 1.93. The summed E-state index contributed by atoms with van der Waals surface area (Å²) in [6.07, 6.45) is 11.4. The van der Waals surface area contributed by atoms with Crippen LogP contribution in [-0.2, 0) is 6.54 Å². The minimum atomic E-state index is 0. The summed E-state index contributed by atoms with van der Waals surface area (Å²) in [4.78, 5) is 0. The van der Waals surface area contributed by atoms with Crippen molar-refractivity contribution in [3.8, 4) is 0 Å². The SMILES string of the molecule is CCCCCCCCCNCc1ccn[nH]1.Cl. The highest BCUT2D eigenvalue weighted by atomic mass is 35.5. The zero-order valence-corrected chi connectivity index (χ0v) is 11.7. The van der Waals surface area contributed by atoms with Crippen molar-refractivity contribution in [3.05, 3.63) is 18.0 Å². The first-order valence-electron chi connectivity index (χ1n) is 6.62. The maximum Gasteiger partial charge on any atom is 0.0490 e. The number of unbranched alkanes of at least 4 members (excludes halogenated alkanes) is 6. The molecule has 0 amide bonds. The summed E-state index contributed by atoms with van der Waals surface area (Å²) in [5.41, 5.74) is 1.17. The third-order valence-corrected chi connectivity index (χ3v) is 2.83. The molecule has 0 unspecified atom stereocenters. The number of aromatic amines is 1. The maximum absolute atomic E-state index is 3.91. The fourth-order valence-electron chi connectivity index (χ4n) is 1.81. The van der Waals surface area contributed by atoms with E-state index in [2.05, 4.69) is 22.4 Å². The lowest BCUT2D eigenvalue weighted by molar-refractivity contribution is 0.560. The quantitative estimate of drug-likeness (QED) is 0.630. The van der Waals surface area contributed by atoms with Gasteiger partial charge in [-0.3, -0.25) is 5.10 Å². The van der Waals surface area contributed by atoms with Crippen molar-refractivity contribution in [2.45, 2.75) is 58.4 Å². The summed E-state index contributed by atoms with van der Waals surface area (Å²) < 4.78 is 0. The number of hydrogen-bond donors (Lipinski definition) is 2. The van der Waals surface area contributed by atoms with E-state index in [-0.39, 0.29) is 12.4 Å². The van der Waals surface area contributed by atoms with Crippen LogP contribution in [-0.4, -0.2) is 16.7 Å². The van der Waals surface area contributed by atoms with Gasteiger partial charge >= 0.3 is 0 Å². The molecule has 3 nitrogen and oxygen atoms in total. The Morgan fingerprint density at radius 3 is 2.47 bits per heavy atom. The molecular formula is C13H26ClN3. The van der Waals surface area contributed by atoms with Gasteiger partial charge in [0.05, 0.1) is 0 Å². The van der Waals surface area contributed by atoms with E-state index in [1.165, 1.54) is 50.6 Å². The Hall–Kier alpha value is -0.540. The van der Waals surface area contributed by atoms with Crippen molar-refractivity contribution >= 4 is 12.4 Å². The Morgan fingerprint density at radius 2 is 1.82 bits per heavy atom. The maximum atomic E-state index is 3.91. The van der Waals surface area contributed by atoms with Gasteiger partial charge in [0.25, 0.3) is 0 Å². The molecule has 0 aliphatic heterocycles. The number of aromatic nitrogens is 2. The van der Waals surface area contributed by atoms with Crippen molar-refractivity contribution in [2.24, 2.45) is 0 Å². The lowest BCUT2D eigenvalue weighted by Gasteiger charge is -2.03. The number of hydrogen-bond acceptors (Lipinski definition) is 2. The Kier molecular flexibility index (Phi) is 11.6. The number of halogens is 1. The van der Waals surface area contributed by atoms with Crippen molar-refractivity contribution in [1.82, 2.24) is 15.5 Å². The summed E-state index contributed by atoms with van der Waals surface area (Å²) in [5.74, 6) is 0. The molecule has 0 atom stereocenters. The molecular weight excluding hydrogens is 234 g/mol. The van der Waals surface area contributed by atoms with E-state index in [1.54, 1.807) is 6.20 Å². The molecule has 0 spiro atoms. The summed E-state index contributed by atoms with van der Waals surface area (Å²) in [5, 5.41) is 10.3. The second-order valence-corrected chi connectivity index (χ2v) is 4.38. The largest absolute Gasteiger partial charge is 0.311 e. The summed E-state index contributed by atoms with van der Waals surface area (Å²) in [6, 6.07) is 2.01. The first-order chi connectivity index (χ1) is 7.93. The Labute approximate surface area is 111 Å². The fourth-order valence-corrected chi connectivity index (χ4v) is 1.81. The smallest absolute Gasteiger partial charge is 0.0490 e. The van der Waals surface area contributed by atoms with Gasteiger partial charge in [0.15, 0.2) is 0 Å². The van der Waals surface area contributed by atoms with Crippen LogP contribution >= 0.6 is 12.4 Å². The van der Waals surface area contributed by atoms with Crippen LogP contribution < -0.4 is 5.32 Å². The standard InChI is InChI=1S/C13H25N3.ClH/c1-2-3-4-5-6-7-8-10-14-12-13-9-11-15-16-13;/h9,11,14H,2-8,10,12H2,1H3,(H,15,16);1H. The zero-order chi connectivity index (χ0) is 11.5. The topological polar surface area (TPSA) is 40.7 Å². The molecule has 0 radical (unpaired) electrons. The van der Waals surface area contributed by atoms with Gasteiger partial charge in [0.2, 0.25) is 0 Å². The van der Waals surface area contributed by atoms with E-state index < -0.39 is 0 Å². The van der Waals surface area contributed by atoms with E-state index in [9.17, 15) is 0 Å². The highest BCUT2D eigenvalue weighted by Crippen LogP contribution is 2.06. The third kappa shape index (κ3) is 9.19. The van der Waals surface area contributed by atoms with Gasteiger partial charge in [-0.25, -0.2) is 0 Å². The molecule has 0 aliphatic carbocycles. The lowest BCUT2D eigenvalue weighted by Crippen LogP contribution is -2.14. The Bertz CT molecular complexity index is 237. The Morgan fingerprint density at radius 1 is 1.12 bits per heavy atom. The van der Waals surface area contributed by atoms with Crippen molar-refractivity contribution < 1.29 is 0 Å². The van der Waals surface area contributed by atoms with Crippen LogP contribution in [0, 0.1) is 0 Å². The average molecular weight is 260 g/mol. The highest BCUT2D eigenvalue weighted by molar-refractivity contribution is 5.85. The Balaban J connectivity index is 0.00000256. The molecule has 1 rings (SSSR count). The second-order valence-electron chi connectivity index (χ2n) is 4.38. The predicted molar refractivity (Wildman–Crippen MR) is 75.5 cm³/mol. The molecule has 17 heavy (non-hydrogen) atoms. The van der Waals surface area contributed by atoms with E-state index in [0.29, 0.717) is 0 Å². The van der Waals surface area contributed by atoms with Gasteiger partial charge in [-0.2, -0.15) is 5.10 Å². The molecule has 0 aromatic carbocycles. The molecule has 0 bridgehead atoms. The molecule has 1 aromatic rings. The predicted octanol–water partition coefficient (Wildman–Crippen LogP) is 3.67. The molecule has 100 valence electrons. The van der Waals surface area contributed by atoms with Crippen LogP contribution in [0.15, 0.2) is 12.3 Å². The fraction of sp³-hybridized carbons (Fsp3) is 0.769. The van der Waals surface area contributed by atoms with E-state index in [4.69, 9.17) is 0 Å². The third-order valence-electron chi connectivity index (χ3n) is 2.83. The first kappa shape index (κ1) is 16.5.